The van der Waals surface area contributed by atoms with E-state index in [9.17, 15) is 4.79 Å². The number of hydrogen-bond acceptors (Lipinski definition) is 5. The van der Waals surface area contributed by atoms with Crippen LogP contribution in [-0.2, 0) is 4.79 Å². The van der Waals surface area contributed by atoms with E-state index in [4.69, 9.17) is 9.47 Å². The van der Waals surface area contributed by atoms with Crippen LogP contribution < -0.4 is 14.8 Å². The lowest BCUT2D eigenvalue weighted by molar-refractivity contribution is -0.116. The Morgan fingerprint density at radius 2 is 2.11 bits per heavy atom. The molecular weight excluding hydrogens is 356 g/mol. The van der Waals surface area contributed by atoms with Gasteiger partial charge in [-0.15, -0.1) is 0 Å². The fourth-order valence-corrected chi connectivity index (χ4v) is 3.49. The quantitative estimate of drug-likeness (QED) is 0.735. The van der Waals surface area contributed by atoms with Crippen molar-refractivity contribution in [3.63, 3.8) is 0 Å². The lowest BCUT2D eigenvalue weighted by Gasteiger charge is -2.26. The first kappa shape index (κ1) is 18.0. The minimum absolute atomic E-state index is 0.0279. The molecule has 0 radical (unpaired) electrons. The highest BCUT2D eigenvalue weighted by Crippen LogP contribution is 2.44. The summed E-state index contributed by atoms with van der Waals surface area (Å²) in [6, 6.07) is 9.51. The molecule has 1 aromatic carbocycles. The van der Waals surface area contributed by atoms with Crippen LogP contribution in [0.4, 0.5) is 5.82 Å². The molecule has 3 heterocycles. The van der Waals surface area contributed by atoms with E-state index in [1.165, 1.54) is 0 Å². The molecule has 0 saturated heterocycles. The van der Waals surface area contributed by atoms with Crippen LogP contribution >= 0.6 is 0 Å². The van der Waals surface area contributed by atoms with E-state index in [0.29, 0.717) is 23.7 Å². The Hall–Kier alpha value is -3.35. The zero-order chi connectivity index (χ0) is 19.7. The van der Waals surface area contributed by atoms with Gasteiger partial charge in [-0.1, -0.05) is 12.1 Å². The van der Waals surface area contributed by atoms with E-state index < -0.39 is 0 Å². The van der Waals surface area contributed by atoms with Crippen molar-refractivity contribution in [2.45, 2.75) is 32.3 Å². The molecule has 1 N–H and O–H groups in total. The normalized spacial score (nSPS) is 15.9. The number of carbonyl (C=O) groups is 1. The van der Waals surface area contributed by atoms with Gasteiger partial charge in [-0.05, 0) is 32.0 Å². The SMILES string of the molecule is COc1cccc([C@@H]2CC(=O)Nc3c2ncn3-c2cccnc2)c1OC(C)C. The van der Waals surface area contributed by atoms with Crippen molar-refractivity contribution in [1.29, 1.82) is 0 Å². The van der Waals surface area contributed by atoms with Gasteiger partial charge in [0.05, 0.1) is 30.8 Å². The summed E-state index contributed by atoms with van der Waals surface area (Å²) in [5.74, 6) is 1.66. The number of fused-ring (bicyclic) bond motifs is 1. The maximum Gasteiger partial charge on any atom is 0.226 e. The summed E-state index contributed by atoms with van der Waals surface area (Å²) in [4.78, 5) is 21.3. The number of nitrogens with zero attached hydrogens (tertiary/aromatic N) is 3. The van der Waals surface area contributed by atoms with Crippen molar-refractivity contribution in [2.75, 3.05) is 12.4 Å². The first-order valence-corrected chi connectivity index (χ1v) is 9.19. The molecule has 0 unspecified atom stereocenters. The van der Waals surface area contributed by atoms with Crippen LogP contribution in [-0.4, -0.2) is 33.7 Å². The van der Waals surface area contributed by atoms with Crippen LogP contribution in [0.1, 0.15) is 37.4 Å². The van der Waals surface area contributed by atoms with E-state index in [1.807, 2.05) is 48.7 Å². The second-order valence-corrected chi connectivity index (χ2v) is 6.91. The standard InChI is InChI=1S/C21H22N4O3/c1-13(2)28-20-15(7-4-8-17(20)27-3)16-10-18(26)24-21-19(16)23-12-25(21)14-6-5-9-22-11-14/h4-9,11-13,16H,10H2,1-3H3,(H,24,26)/t16-/m0/s1. The highest BCUT2D eigenvalue weighted by Gasteiger charge is 2.33. The minimum Gasteiger partial charge on any atom is -0.493 e. The zero-order valence-electron chi connectivity index (χ0n) is 16.0. The largest absolute Gasteiger partial charge is 0.493 e. The summed E-state index contributed by atoms with van der Waals surface area (Å²) in [5.41, 5.74) is 2.52. The Balaban J connectivity index is 1.84. The van der Waals surface area contributed by atoms with Gasteiger partial charge in [0.1, 0.15) is 12.1 Å². The molecule has 3 aromatic rings. The van der Waals surface area contributed by atoms with Gasteiger partial charge in [0, 0.05) is 24.1 Å². The maximum atomic E-state index is 12.5. The number of imidazole rings is 1. The lowest BCUT2D eigenvalue weighted by Crippen LogP contribution is -2.25. The average molecular weight is 378 g/mol. The third-order valence-electron chi connectivity index (χ3n) is 4.66. The second kappa shape index (κ2) is 7.34. The molecule has 144 valence electrons. The highest BCUT2D eigenvalue weighted by atomic mass is 16.5. The molecule has 1 aliphatic rings. The number of methoxy groups -OCH3 is 1. The Bertz CT molecular complexity index is 998. The first-order valence-electron chi connectivity index (χ1n) is 9.19. The summed E-state index contributed by atoms with van der Waals surface area (Å²) >= 11 is 0. The summed E-state index contributed by atoms with van der Waals surface area (Å²) in [6.45, 7) is 3.93. The third kappa shape index (κ3) is 3.19. The number of hydrogen-bond donors (Lipinski definition) is 1. The summed E-state index contributed by atoms with van der Waals surface area (Å²) in [7, 11) is 1.61. The van der Waals surface area contributed by atoms with E-state index in [0.717, 1.165) is 16.9 Å². The number of aromatic nitrogens is 3. The first-order chi connectivity index (χ1) is 13.6. The van der Waals surface area contributed by atoms with E-state index in [1.54, 1.807) is 25.8 Å². The van der Waals surface area contributed by atoms with Gasteiger partial charge in [-0.25, -0.2) is 4.98 Å². The molecule has 0 bridgehead atoms. The van der Waals surface area contributed by atoms with E-state index in [-0.39, 0.29) is 17.9 Å². The van der Waals surface area contributed by atoms with Crippen molar-refractivity contribution in [2.24, 2.45) is 0 Å². The van der Waals surface area contributed by atoms with Crippen LogP contribution in [0.3, 0.4) is 0 Å². The van der Waals surface area contributed by atoms with Crippen molar-refractivity contribution >= 4 is 11.7 Å². The molecule has 0 aliphatic carbocycles. The van der Waals surface area contributed by atoms with Crippen LogP contribution in [0.5, 0.6) is 11.5 Å². The summed E-state index contributed by atoms with van der Waals surface area (Å²) in [6.07, 6.45) is 5.42. The van der Waals surface area contributed by atoms with Crippen molar-refractivity contribution in [1.82, 2.24) is 14.5 Å². The summed E-state index contributed by atoms with van der Waals surface area (Å²) < 4.78 is 13.4. The highest BCUT2D eigenvalue weighted by molar-refractivity contribution is 5.94. The number of para-hydroxylation sites is 1. The number of nitrogens with one attached hydrogen (secondary N) is 1. The fourth-order valence-electron chi connectivity index (χ4n) is 3.49. The Morgan fingerprint density at radius 3 is 2.82 bits per heavy atom. The molecule has 4 rings (SSSR count). The number of pyridine rings is 1. The maximum absolute atomic E-state index is 12.5. The van der Waals surface area contributed by atoms with Gasteiger partial charge in [0.2, 0.25) is 5.91 Å². The molecule has 1 atom stereocenters. The predicted octanol–water partition coefficient (Wildman–Crippen LogP) is 3.54. The molecule has 7 heteroatoms. The average Bonchev–Trinajstić information content (AvgIpc) is 3.11. The lowest BCUT2D eigenvalue weighted by atomic mass is 9.89. The smallest absolute Gasteiger partial charge is 0.226 e. The molecule has 1 aliphatic heterocycles. The third-order valence-corrected chi connectivity index (χ3v) is 4.66. The topological polar surface area (TPSA) is 78.3 Å². The van der Waals surface area contributed by atoms with Crippen molar-refractivity contribution in [3.05, 3.63) is 60.3 Å². The molecule has 0 saturated carbocycles. The molecule has 1 amide bonds. The molecule has 28 heavy (non-hydrogen) atoms. The number of anilines is 1. The van der Waals surface area contributed by atoms with Crippen molar-refractivity contribution < 1.29 is 14.3 Å². The van der Waals surface area contributed by atoms with Crippen LogP contribution in [0.15, 0.2) is 49.1 Å². The van der Waals surface area contributed by atoms with Crippen LogP contribution in [0, 0.1) is 0 Å². The van der Waals surface area contributed by atoms with E-state index in [2.05, 4.69) is 15.3 Å². The number of benzene rings is 1. The molecule has 7 nitrogen and oxygen atoms in total. The zero-order valence-corrected chi connectivity index (χ0v) is 16.0. The van der Waals surface area contributed by atoms with Crippen molar-refractivity contribution in [3.8, 4) is 17.2 Å². The number of amides is 1. The second-order valence-electron chi connectivity index (χ2n) is 6.91. The van der Waals surface area contributed by atoms with Gasteiger partial charge >= 0.3 is 0 Å². The minimum atomic E-state index is -0.231. The number of carbonyl (C=O) groups excluding carboxylic acids is 1. The number of rotatable bonds is 5. The Kier molecular flexibility index (Phi) is 4.73. The molecular formula is C21H22N4O3. The monoisotopic (exact) mass is 378 g/mol. The summed E-state index contributed by atoms with van der Waals surface area (Å²) in [5, 5.41) is 2.96. The fraction of sp³-hybridized carbons (Fsp3) is 0.286. The van der Waals surface area contributed by atoms with Crippen LogP contribution in [0.25, 0.3) is 5.69 Å². The van der Waals surface area contributed by atoms with E-state index >= 15 is 0 Å². The molecule has 0 spiro atoms. The van der Waals surface area contributed by atoms with Gasteiger partial charge < -0.3 is 14.8 Å². The van der Waals surface area contributed by atoms with Crippen LogP contribution in [0.2, 0.25) is 0 Å². The van der Waals surface area contributed by atoms with Gasteiger partial charge in [0.15, 0.2) is 11.5 Å². The predicted molar refractivity (Wildman–Crippen MR) is 105 cm³/mol. The van der Waals surface area contributed by atoms with Gasteiger partial charge in [-0.2, -0.15) is 0 Å². The Morgan fingerprint density at radius 1 is 1.25 bits per heavy atom. The van der Waals surface area contributed by atoms with Gasteiger partial charge in [0.25, 0.3) is 0 Å². The molecule has 2 aromatic heterocycles. The van der Waals surface area contributed by atoms with Gasteiger partial charge in [-0.3, -0.25) is 14.3 Å². The number of ether oxygens (including phenoxy) is 2. The Labute approximate surface area is 163 Å². The molecule has 0 fully saturated rings.